The Kier molecular flexibility index (Phi) is 7.70. The van der Waals surface area contributed by atoms with E-state index in [1.54, 1.807) is 20.8 Å². The van der Waals surface area contributed by atoms with Crippen molar-refractivity contribution in [3.05, 3.63) is 35.9 Å². The molecule has 0 spiro atoms. The van der Waals surface area contributed by atoms with Crippen LogP contribution in [0, 0.1) is 0 Å². The lowest BCUT2D eigenvalue weighted by Gasteiger charge is -2.27. The molecule has 0 aliphatic rings. The van der Waals surface area contributed by atoms with Crippen molar-refractivity contribution in [2.45, 2.75) is 39.1 Å². The molecular formula is C18H28N2O5. The number of rotatable bonds is 6. The fraction of sp³-hybridized carbons (Fsp3) is 0.556. The van der Waals surface area contributed by atoms with Crippen molar-refractivity contribution in [2.75, 3.05) is 27.2 Å². The summed E-state index contributed by atoms with van der Waals surface area (Å²) in [6.45, 7) is 5.56. The molecule has 0 radical (unpaired) electrons. The Bertz CT molecular complexity index is 556. The van der Waals surface area contributed by atoms with Crippen LogP contribution in [-0.2, 0) is 16.1 Å². The average molecular weight is 352 g/mol. The molecule has 1 atom stereocenters. The SMILES string of the molecule is CN(CC(O)CN(C)C(=O)OC(C)(C)C)C(=O)OCc1ccccc1. The van der Waals surface area contributed by atoms with Gasteiger partial charge >= 0.3 is 12.2 Å². The maximum Gasteiger partial charge on any atom is 0.410 e. The maximum atomic E-state index is 11.9. The van der Waals surface area contributed by atoms with Gasteiger partial charge in [-0.05, 0) is 26.3 Å². The summed E-state index contributed by atoms with van der Waals surface area (Å²) in [5.41, 5.74) is 0.281. The molecule has 0 saturated heterocycles. The predicted molar refractivity (Wildman–Crippen MR) is 94.1 cm³/mol. The van der Waals surface area contributed by atoms with Gasteiger partial charge in [0.15, 0.2) is 0 Å². The van der Waals surface area contributed by atoms with Crippen molar-refractivity contribution in [3.63, 3.8) is 0 Å². The maximum absolute atomic E-state index is 11.9. The van der Waals surface area contributed by atoms with Gasteiger partial charge in [-0.3, -0.25) is 0 Å². The number of aliphatic hydroxyl groups excluding tert-OH is 1. The summed E-state index contributed by atoms with van der Waals surface area (Å²) in [5.74, 6) is 0. The van der Waals surface area contributed by atoms with E-state index in [9.17, 15) is 14.7 Å². The minimum absolute atomic E-state index is 0.0424. The molecule has 2 amide bonds. The quantitative estimate of drug-likeness (QED) is 0.851. The number of carbonyl (C=O) groups excluding carboxylic acids is 2. The summed E-state index contributed by atoms with van der Waals surface area (Å²) in [6, 6.07) is 9.33. The highest BCUT2D eigenvalue weighted by atomic mass is 16.6. The van der Waals surface area contributed by atoms with E-state index in [1.165, 1.54) is 23.9 Å². The van der Waals surface area contributed by atoms with Gasteiger partial charge in [0.05, 0.1) is 19.2 Å². The van der Waals surface area contributed by atoms with Crippen LogP contribution in [0.15, 0.2) is 30.3 Å². The molecule has 1 aromatic rings. The molecule has 7 heteroatoms. The molecule has 0 heterocycles. The first-order valence-electron chi connectivity index (χ1n) is 8.12. The van der Waals surface area contributed by atoms with Gasteiger partial charge in [0.2, 0.25) is 0 Å². The molecule has 1 N–H and O–H groups in total. The van der Waals surface area contributed by atoms with Crippen LogP contribution in [0.5, 0.6) is 0 Å². The molecule has 1 unspecified atom stereocenters. The Morgan fingerprint density at radius 2 is 1.56 bits per heavy atom. The summed E-state index contributed by atoms with van der Waals surface area (Å²) < 4.78 is 10.4. The van der Waals surface area contributed by atoms with Crippen molar-refractivity contribution < 1.29 is 24.2 Å². The topological polar surface area (TPSA) is 79.3 Å². The Morgan fingerprint density at radius 1 is 1.04 bits per heavy atom. The lowest BCUT2D eigenvalue weighted by molar-refractivity contribution is 0.0171. The first-order valence-corrected chi connectivity index (χ1v) is 8.12. The number of ether oxygens (including phenoxy) is 2. The van der Waals surface area contributed by atoms with Gasteiger partial charge in [-0.1, -0.05) is 30.3 Å². The van der Waals surface area contributed by atoms with Crippen LogP contribution in [-0.4, -0.2) is 66.0 Å². The largest absolute Gasteiger partial charge is 0.445 e. The lowest BCUT2D eigenvalue weighted by atomic mass is 10.2. The smallest absolute Gasteiger partial charge is 0.410 e. The third-order valence-corrected chi connectivity index (χ3v) is 3.19. The normalized spacial score (nSPS) is 12.2. The van der Waals surface area contributed by atoms with Crippen molar-refractivity contribution in [3.8, 4) is 0 Å². The zero-order chi connectivity index (χ0) is 19.0. The summed E-state index contributed by atoms with van der Waals surface area (Å²) in [4.78, 5) is 26.4. The van der Waals surface area contributed by atoms with E-state index >= 15 is 0 Å². The second-order valence-electron chi connectivity index (χ2n) is 6.94. The van der Waals surface area contributed by atoms with Gasteiger partial charge < -0.3 is 24.4 Å². The number of hydrogen-bond acceptors (Lipinski definition) is 5. The Morgan fingerprint density at radius 3 is 2.08 bits per heavy atom. The highest BCUT2D eigenvalue weighted by Crippen LogP contribution is 2.09. The minimum atomic E-state index is -0.910. The monoisotopic (exact) mass is 352 g/mol. The molecule has 1 rings (SSSR count). The average Bonchev–Trinajstić information content (AvgIpc) is 2.51. The van der Waals surface area contributed by atoms with Crippen LogP contribution in [0.25, 0.3) is 0 Å². The molecular weight excluding hydrogens is 324 g/mol. The minimum Gasteiger partial charge on any atom is -0.445 e. The first kappa shape index (κ1) is 20.8. The van der Waals surface area contributed by atoms with Crippen LogP contribution < -0.4 is 0 Å². The molecule has 25 heavy (non-hydrogen) atoms. The Balaban J connectivity index is 2.38. The predicted octanol–water partition coefficient (Wildman–Crippen LogP) is 2.48. The van der Waals surface area contributed by atoms with Crippen LogP contribution in [0.4, 0.5) is 9.59 Å². The standard InChI is InChI=1S/C18H28N2O5/c1-18(2,3)25-17(23)20(5)12-15(21)11-19(4)16(22)24-13-14-9-7-6-8-10-14/h6-10,15,21H,11-13H2,1-5H3. The van der Waals surface area contributed by atoms with E-state index in [0.29, 0.717) is 0 Å². The van der Waals surface area contributed by atoms with E-state index in [0.717, 1.165) is 5.56 Å². The molecule has 7 nitrogen and oxygen atoms in total. The molecule has 1 aromatic carbocycles. The van der Waals surface area contributed by atoms with Gasteiger partial charge in [0.1, 0.15) is 12.2 Å². The third-order valence-electron chi connectivity index (χ3n) is 3.19. The number of nitrogens with zero attached hydrogens (tertiary/aromatic N) is 2. The van der Waals surface area contributed by atoms with Crippen molar-refractivity contribution >= 4 is 12.2 Å². The lowest BCUT2D eigenvalue weighted by Crippen LogP contribution is -2.43. The van der Waals surface area contributed by atoms with Crippen molar-refractivity contribution in [1.29, 1.82) is 0 Å². The van der Waals surface area contributed by atoms with Crippen LogP contribution in [0.1, 0.15) is 26.3 Å². The van der Waals surface area contributed by atoms with Gasteiger partial charge in [0, 0.05) is 14.1 Å². The fourth-order valence-electron chi connectivity index (χ4n) is 2.01. The molecule has 0 saturated carbocycles. The second kappa shape index (κ2) is 9.27. The van der Waals surface area contributed by atoms with Crippen LogP contribution in [0.3, 0.4) is 0 Å². The molecule has 0 fully saturated rings. The van der Waals surface area contributed by atoms with Gasteiger partial charge in [-0.25, -0.2) is 9.59 Å². The molecule has 0 bridgehead atoms. The number of benzene rings is 1. The van der Waals surface area contributed by atoms with Gasteiger partial charge in [0.25, 0.3) is 0 Å². The molecule has 0 aliphatic carbocycles. The number of likely N-dealkylation sites (N-methyl/N-ethyl adjacent to an activating group) is 2. The zero-order valence-electron chi connectivity index (χ0n) is 15.6. The third kappa shape index (κ3) is 8.39. The van der Waals surface area contributed by atoms with E-state index in [2.05, 4.69) is 0 Å². The summed E-state index contributed by atoms with van der Waals surface area (Å²) in [5, 5.41) is 10.1. The number of carbonyl (C=O) groups is 2. The highest BCUT2D eigenvalue weighted by molar-refractivity contribution is 5.68. The highest BCUT2D eigenvalue weighted by Gasteiger charge is 2.22. The molecule has 0 aromatic heterocycles. The number of amides is 2. The van der Waals surface area contributed by atoms with Crippen molar-refractivity contribution in [1.82, 2.24) is 9.80 Å². The second-order valence-corrected chi connectivity index (χ2v) is 6.94. The number of aliphatic hydroxyl groups is 1. The van der Waals surface area contributed by atoms with Gasteiger partial charge in [-0.15, -0.1) is 0 Å². The van der Waals surface area contributed by atoms with E-state index < -0.39 is 23.9 Å². The molecule has 140 valence electrons. The van der Waals surface area contributed by atoms with Crippen LogP contribution in [0.2, 0.25) is 0 Å². The first-order chi connectivity index (χ1) is 11.6. The van der Waals surface area contributed by atoms with Gasteiger partial charge in [-0.2, -0.15) is 0 Å². The van der Waals surface area contributed by atoms with E-state index in [4.69, 9.17) is 9.47 Å². The molecule has 0 aliphatic heterocycles. The van der Waals surface area contributed by atoms with E-state index in [1.807, 2.05) is 30.3 Å². The number of hydrogen-bond donors (Lipinski definition) is 1. The van der Waals surface area contributed by atoms with E-state index in [-0.39, 0.29) is 19.7 Å². The Labute approximate surface area is 149 Å². The summed E-state index contributed by atoms with van der Waals surface area (Å²) in [7, 11) is 3.06. The fourth-order valence-corrected chi connectivity index (χ4v) is 2.01. The van der Waals surface area contributed by atoms with Crippen molar-refractivity contribution in [2.24, 2.45) is 0 Å². The van der Waals surface area contributed by atoms with Crippen LogP contribution >= 0.6 is 0 Å². The Hall–Kier alpha value is -2.28. The summed E-state index contributed by atoms with van der Waals surface area (Å²) >= 11 is 0. The summed E-state index contributed by atoms with van der Waals surface area (Å²) in [6.07, 6.45) is -1.98. The zero-order valence-corrected chi connectivity index (χ0v) is 15.6.